The Hall–Kier alpha value is -3.25. The summed E-state index contributed by atoms with van der Waals surface area (Å²) < 4.78 is 74.5. The number of nitrogens with one attached hydrogen (secondary N) is 1. The lowest BCUT2D eigenvalue weighted by Gasteiger charge is -2.41. The lowest BCUT2D eigenvalue weighted by atomic mass is 9.90. The molecule has 1 amide bonds. The van der Waals surface area contributed by atoms with Gasteiger partial charge in [-0.15, -0.1) is 0 Å². The van der Waals surface area contributed by atoms with Crippen LogP contribution in [0.1, 0.15) is 63.4 Å². The number of nitrogens with zero attached hydrogens (tertiary/aromatic N) is 1. The molecule has 1 saturated carbocycles. The highest BCUT2D eigenvalue weighted by molar-refractivity contribution is 7.89. The number of hydrogen-bond acceptors (Lipinski definition) is 6. The quantitative estimate of drug-likeness (QED) is 0.225. The fraction of sp³-hybridized carbons (Fsp3) is 0.472. The minimum Gasteiger partial charge on any atom is -0.496 e. The Balaban J connectivity index is 1.30. The average molecular weight is 702 g/mol. The standard InChI is InChI=1S/C36H42ClF2N3O5S/c1-46-33-19-25(9-18-32(33)24-7-10-26(37)11-8-24)36(38,39)34(35(43)42-28-12-13-29(42)21-27(40)20-28)41-48(44,45)31-16-14-30(15-17-31)47-22-23-5-3-2-4-6-23/h7-11,14-19,23,27-29,34,41H,2-6,12-13,20-22,40H2,1H3. The van der Waals surface area contributed by atoms with Gasteiger partial charge < -0.3 is 20.1 Å². The third-order valence-electron chi connectivity index (χ3n) is 9.99. The molecule has 2 aliphatic heterocycles. The Labute approximate surface area is 286 Å². The number of benzene rings is 3. The van der Waals surface area contributed by atoms with Gasteiger partial charge in [0.2, 0.25) is 15.9 Å². The first kappa shape index (κ1) is 34.6. The van der Waals surface area contributed by atoms with Crippen LogP contribution in [0.3, 0.4) is 0 Å². The fourth-order valence-corrected chi connectivity index (χ4v) is 8.76. The second-order valence-electron chi connectivity index (χ2n) is 13.2. The smallest absolute Gasteiger partial charge is 0.298 e. The van der Waals surface area contributed by atoms with Crippen molar-refractivity contribution in [2.24, 2.45) is 11.7 Å². The normalized spacial score (nSPS) is 22.4. The Morgan fingerprint density at radius 2 is 1.62 bits per heavy atom. The van der Waals surface area contributed by atoms with E-state index in [-0.39, 0.29) is 28.8 Å². The number of hydrogen-bond donors (Lipinski definition) is 2. The number of amides is 1. The average Bonchev–Trinajstić information content (AvgIpc) is 3.36. The molecular formula is C36H42ClF2N3O5S. The van der Waals surface area contributed by atoms with Crippen molar-refractivity contribution in [3.63, 3.8) is 0 Å². The Kier molecular flexibility index (Phi) is 10.3. The molecule has 8 nitrogen and oxygen atoms in total. The molecule has 2 saturated heterocycles. The number of fused-ring (bicyclic) bond motifs is 2. The molecule has 3 unspecified atom stereocenters. The number of sulfonamides is 1. The summed E-state index contributed by atoms with van der Waals surface area (Å²) in [5.74, 6) is -3.85. The SMILES string of the molecule is COc1cc(C(F)(F)C(NS(=O)(=O)c2ccc(OCC3CCCCC3)cc2)C(=O)N2C3CCC2CC(N)C3)ccc1-c1ccc(Cl)cc1. The van der Waals surface area contributed by atoms with E-state index in [2.05, 4.69) is 4.72 Å². The van der Waals surface area contributed by atoms with E-state index in [0.717, 1.165) is 18.9 Å². The molecule has 2 bridgehead atoms. The van der Waals surface area contributed by atoms with Gasteiger partial charge in [-0.3, -0.25) is 4.79 Å². The molecule has 3 aromatic rings. The molecule has 0 spiro atoms. The lowest BCUT2D eigenvalue weighted by Crippen LogP contribution is -2.60. The number of ether oxygens (including phenoxy) is 2. The molecule has 3 aliphatic rings. The van der Waals surface area contributed by atoms with E-state index >= 15 is 8.78 Å². The van der Waals surface area contributed by atoms with E-state index in [1.165, 1.54) is 67.7 Å². The largest absolute Gasteiger partial charge is 0.496 e. The van der Waals surface area contributed by atoms with E-state index in [1.54, 1.807) is 24.3 Å². The Bertz CT molecular complexity index is 1690. The summed E-state index contributed by atoms with van der Waals surface area (Å²) in [4.78, 5) is 15.4. The second-order valence-corrected chi connectivity index (χ2v) is 15.4. The monoisotopic (exact) mass is 701 g/mol. The van der Waals surface area contributed by atoms with Crippen LogP contribution in [-0.4, -0.2) is 57.1 Å². The summed E-state index contributed by atoms with van der Waals surface area (Å²) in [6, 6.07) is 13.0. The van der Waals surface area contributed by atoms with Crippen molar-refractivity contribution in [3.05, 3.63) is 77.3 Å². The number of carbonyl (C=O) groups is 1. The number of alkyl halides is 2. The van der Waals surface area contributed by atoms with E-state index in [4.69, 9.17) is 26.8 Å². The number of carbonyl (C=O) groups excluding carboxylic acids is 1. The molecule has 0 radical (unpaired) electrons. The molecule has 6 rings (SSSR count). The van der Waals surface area contributed by atoms with Crippen LogP contribution in [0.5, 0.6) is 11.5 Å². The summed E-state index contributed by atoms with van der Waals surface area (Å²) in [6.07, 6.45) is 7.97. The topological polar surface area (TPSA) is 111 Å². The second kappa shape index (κ2) is 14.3. The first-order valence-corrected chi connectivity index (χ1v) is 18.5. The van der Waals surface area contributed by atoms with Crippen molar-refractivity contribution >= 4 is 27.5 Å². The zero-order chi connectivity index (χ0) is 34.1. The van der Waals surface area contributed by atoms with Crippen LogP contribution in [-0.2, 0) is 20.7 Å². The first-order chi connectivity index (χ1) is 23.0. The maximum atomic E-state index is 16.8. The zero-order valence-electron chi connectivity index (χ0n) is 26.9. The molecule has 3 aromatic carbocycles. The van der Waals surface area contributed by atoms with Crippen LogP contribution in [0, 0.1) is 5.92 Å². The molecule has 258 valence electrons. The van der Waals surface area contributed by atoms with E-state index in [9.17, 15) is 13.2 Å². The molecule has 3 atom stereocenters. The Morgan fingerprint density at radius 1 is 0.979 bits per heavy atom. The molecule has 48 heavy (non-hydrogen) atoms. The Morgan fingerprint density at radius 3 is 2.25 bits per heavy atom. The number of halogens is 3. The van der Waals surface area contributed by atoms with Gasteiger partial charge in [0.05, 0.1) is 18.6 Å². The highest BCUT2D eigenvalue weighted by Crippen LogP contribution is 2.42. The first-order valence-electron chi connectivity index (χ1n) is 16.6. The maximum Gasteiger partial charge on any atom is 0.298 e. The van der Waals surface area contributed by atoms with E-state index < -0.39 is 33.5 Å². The third-order valence-corrected chi connectivity index (χ3v) is 11.7. The van der Waals surface area contributed by atoms with E-state index in [0.29, 0.717) is 60.1 Å². The molecule has 12 heteroatoms. The molecule has 1 aliphatic carbocycles. The van der Waals surface area contributed by atoms with Gasteiger partial charge in [-0.25, -0.2) is 8.42 Å². The molecule has 2 heterocycles. The summed E-state index contributed by atoms with van der Waals surface area (Å²) in [7, 11) is -3.22. The van der Waals surface area contributed by atoms with Gasteiger partial charge in [0.25, 0.3) is 5.92 Å². The van der Waals surface area contributed by atoms with Crippen molar-refractivity contribution in [2.45, 2.75) is 92.8 Å². The van der Waals surface area contributed by atoms with Gasteiger partial charge in [0, 0.05) is 34.3 Å². The van der Waals surface area contributed by atoms with Crippen LogP contribution in [0.15, 0.2) is 71.6 Å². The number of rotatable bonds is 11. The van der Waals surface area contributed by atoms with Crippen molar-refractivity contribution in [2.75, 3.05) is 13.7 Å². The minimum absolute atomic E-state index is 0.136. The summed E-state index contributed by atoms with van der Waals surface area (Å²) in [5, 5.41) is 0.517. The van der Waals surface area contributed by atoms with Crippen LogP contribution >= 0.6 is 11.6 Å². The van der Waals surface area contributed by atoms with Gasteiger partial charge >= 0.3 is 0 Å². The van der Waals surface area contributed by atoms with Crippen LogP contribution in [0.2, 0.25) is 5.02 Å². The van der Waals surface area contributed by atoms with Crippen molar-refractivity contribution < 1.29 is 31.5 Å². The van der Waals surface area contributed by atoms with Gasteiger partial charge in [-0.05, 0) is 92.5 Å². The molecule has 3 fully saturated rings. The van der Waals surface area contributed by atoms with Gasteiger partial charge in [0.15, 0.2) is 6.04 Å². The summed E-state index contributed by atoms with van der Waals surface area (Å²) in [6.45, 7) is 0.537. The number of piperidine rings is 1. The third kappa shape index (κ3) is 7.34. The molecular weight excluding hydrogens is 660 g/mol. The minimum atomic E-state index is -4.58. The zero-order valence-corrected chi connectivity index (χ0v) is 28.5. The van der Waals surface area contributed by atoms with Crippen LogP contribution in [0.4, 0.5) is 8.78 Å². The summed E-state index contributed by atoms with van der Waals surface area (Å²) >= 11 is 6.03. The van der Waals surface area contributed by atoms with Gasteiger partial charge in [-0.2, -0.15) is 13.5 Å². The number of methoxy groups -OCH3 is 1. The van der Waals surface area contributed by atoms with E-state index in [1.807, 2.05) is 0 Å². The van der Waals surface area contributed by atoms with Crippen molar-refractivity contribution in [3.8, 4) is 22.6 Å². The van der Waals surface area contributed by atoms with Gasteiger partial charge in [0.1, 0.15) is 11.5 Å². The highest BCUT2D eigenvalue weighted by Gasteiger charge is 2.54. The summed E-state index contributed by atoms with van der Waals surface area (Å²) in [5.41, 5.74) is 6.85. The maximum absolute atomic E-state index is 16.8. The fourth-order valence-electron chi connectivity index (χ4n) is 7.45. The van der Waals surface area contributed by atoms with Crippen LogP contribution < -0.4 is 19.9 Å². The van der Waals surface area contributed by atoms with Crippen LogP contribution in [0.25, 0.3) is 11.1 Å². The predicted molar refractivity (Wildman–Crippen MR) is 181 cm³/mol. The highest BCUT2D eigenvalue weighted by atomic mass is 35.5. The lowest BCUT2D eigenvalue weighted by molar-refractivity contribution is -0.149. The predicted octanol–water partition coefficient (Wildman–Crippen LogP) is 6.89. The molecule has 0 aromatic heterocycles. The number of nitrogens with two attached hydrogens (primary N) is 1. The van der Waals surface area contributed by atoms with Gasteiger partial charge in [-0.1, -0.05) is 55.1 Å². The van der Waals surface area contributed by atoms with Crippen molar-refractivity contribution in [1.29, 1.82) is 0 Å². The molecule has 3 N–H and O–H groups in total. The van der Waals surface area contributed by atoms with Crippen molar-refractivity contribution in [1.82, 2.24) is 9.62 Å².